The van der Waals surface area contributed by atoms with Crippen molar-refractivity contribution < 1.29 is 10.2 Å². The molecule has 6 heteroatoms. The Labute approximate surface area is 151 Å². The number of benzene rings is 2. The summed E-state index contributed by atoms with van der Waals surface area (Å²) in [6.07, 6.45) is 0. The van der Waals surface area contributed by atoms with Crippen molar-refractivity contribution in [2.75, 3.05) is 0 Å². The first-order valence-electron chi connectivity index (χ1n) is 7.99. The molecule has 0 aliphatic carbocycles. The van der Waals surface area contributed by atoms with Crippen LogP contribution in [0, 0.1) is 6.92 Å². The van der Waals surface area contributed by atoms with E-state index in [1.165, 1.54) is 40.2 Å². The number of hydrogen-bond donors (Lipinski definition) is 2. The lowest BCUT2D eigenvalue weighted by Crippen LogP contribution is -2.10. The van der Waals surface area contributed by atoms with Gasteiger partial charge < -0.3 is 10.2 Å². The van der Waals surface area contributed by atoms with E-state index in [1.54, 1.807) is 0 Å². The number of aromatic hydroxyl groups is 2. The van der Waals surface area contributed by atoms with Gasteiger partial charge in [0.2, 0.25) is 0 Å². The summed E-state index contributed by atoms with van der Waals surface area (Å²) in [7, 11) is 0. The third kappa shape index (κ3) is 3.64. The van der Waals surface area contributed by atoms with Gasteiger partial charge in [-0.1, -0.05) is 49.9 Å². The molecule has 0 atom stereocenters. The second kappa shape index (κ2) is 6.44. The van der Waals surface area contributed by atoms with Gasteiger partial charge in [-0.2, -0.15) is 0 Å². The van der Waals surface area contributed by atoms with E-state index in [9.17, 15) is 10.2 Å². The van der Waals surface area contributed by atoms with Crippen LogP contribution in [0.1, 0.15) is 32.0 Å². The lowest BCUT2D eigenvalue weighted by molar-refractivity contribution is 0.455. The number of aromatic nitrogens is 3. The molecule has 5 nitrogen and oxygen atoms in total. The molecule has 2 N–H and O–H groups in total. The Morgan fingerprint density at radius 3 is 2.32 bits per heavy atom. The molecule has 1 aromatic heterocycles. The first-order valence-corrected chi connectivity index (χ1v) is 8.80. The van der Waals surface area contributed by atoms with Crippen molar-refractivity contribution in [3.8, 4) is 17.2 Å². The first-order chi connectivity index (χ1) is 11.8. The fraction of sp³-hybridized carbons (Fsp3) is 0.263. The predicted molar refractivity (Wildman–Crippen MR) is 98.7 cm³/mol. The van der Waals surface area contributed by atoms with Gasteiger partial charge in [-0.15, -0.1) is 5.10 Å². The average molecular weight is 355 g/mol. The van der Waals surface area contributed by atoms with Crippen LogP contribution in [0.2, 0.25) is 0 Å². The molecule has 0 spiro atoms. The van der Waals surface area contributed by atoms with Gasteiger partial charge in [-0.25, -0.2) is 4.68 Å². The van der Waals surface area contributed by atoms with E-state index in [0.717, 1.165) is 15.6 Å². The molecule has 0 fully saturated rings. The van der Waals surface area contributed by atoms with Crippen molar-refractivity contribution in [1.29, 1.82) is 0 Å². The highest BCUT2D eigenvalue weighted by atomic mass is 32.2. The van der Waals surface area contributed by atoms with Crippen LogP contribution in [0.3, 0.4) is 0 Å². The second-order valence-corrected chi connectivity index (χ2v) is 8.00. The Hall–Kier alpha value is -2.47. The van der Waals surface area contributed by atoms with Gasteiger partial charge >= 0.3 is 0 Å². The monoisotopic (exact) mass is 355 g/mol. The van der Waals surface area contributed by atoms with E-state index in [-0.39, 0.29) is 16.9 Å². The smallest absolute Gasteiger partial charge is 0.147 e. The van der Waals surface area contributed by atoms with Crippen molar-refractivity contribution in [2.24, 2.45) is 0 Å². The van der Waals surface area contributed by atoms with Crippen LogP contribution in [0.15, 0.2) is 52.4 Å². The quantitative estimate of drug-likeness (QED) is 0.680. The Balaban J connectivity index is 1.88. The van der Waals surface area contributed by atoms with Gasteiger partial charge in [0.1, 0.15) is 22.2 Å². The van der Waals surface area contributed by atoms with Crippen LogP contribution in [-0.4, -0.2) is 25.2 Å². The summed E-state index contributed by atoms with van der Waals surface area (Å²) >= 11 is 1.52. The lowest BCUT2D eigenvalue weighted by atomic mass is 9.87. The Morgan fingerprint density at radius 2 is 1.68 bits per heavy atom. The Morgan fingerprint density at radius 1 is 1.00 bits per heavy atom. The normalized spacial score (nSPS) is 11.7. The zero-order chi connectivity index (χ0) is 18.2. The van der Waals surface area contributed by atoms with Crippen LogP contribution in [-0.2, 0) is 5.41 Å². The molecule has 0 saturated heterocycles. The summed E-state index contributed by atoms with van der Waals surface area (Å²) in [4.78, 5) is 1.07. The molecule has 0 bridgehead atoms. The molecule has 2 aromatic carbocycles. The largest absolute Gasteiger partial charge is 0.508 e. The highest BCUT2D eigenvalue weighted by Gasteiger charge is 2.16. The van der Waals surface area contributed by atoms with Gasteiger partial charge in [0, 0.05) is 11.0 Å². The molecule has 1 heterocycles. The van der Waals surface area contributed by atoms with Crippen molar-refractivity contribution in [3.63, 3.8) is 0 Å². The van der Waals surface area contributed by atoms with Crippen LogP contribution in [0.25, 0.3) is 5.69 Å². The summed E-state index contributed by atoms with van der Waals surface area (Å²) in [5, 5.41) is 28.7. The summed E-state index contributed by atoms with van der Waals surface area (Å²) in [6.45, 7) is 8.45. The molecule has 130 valence electrons. The highest BCUT2D eigenvalue weighted by Crippen LogP contribution is 2.33. The molecule has 3 rings (SSSR count). The molecule has 0 saturated carbocycles. The molecule has 0 unspecified atom stereocenters. The third-order valence-electron chi connectivity index (χ3n) is 3.97. The zero-order valence-corrected chi connectivity index (χ0v) is 15.5. The number of phenols is 2. The molecule has 0 radical (unpaired) electrons. The molecule has 0 aliphatic heterocycles. The molecule has 0 amide bonds. The number of nitrogens with zero attached hydrogens (tertiary/aromatic N) is 3. The Kier molecular flexibility index (Phi) is 4.47. The minimum atomic E-state index is 0.0388. The minimum Gasteiger partial charge on any atom is -0.508 e. The lowest BCUT2D eigenvalue weighted by Gasteiger charge is -2.18. The maximum atomic E-state index is 10.0. The molecule has 0 aliphatic rings. The number of phenolic OH excluding ortho intramolecular Hbond substituents is 2. The third-order valence-corrected chi connectivity index (χ3v) is 5.05. The van der Waals surface area contributed by atoms with Gasteiger partial charge in [-0.3, -0.25) is 0 Å². The first kappa shape index (κ1) is 17.4. The van der Waals surface area contributed by atoms with Crippen LogP contribution < -0.4 is 0 Å². The van der Waals surface area contributed by atoms with E-state index in [1.807, 2.05) is 6.92 Å². The van der Waals surface area contributed by atoms with Gasteiger partial charge in [-0.05, 0) is 42.2 Å². The van der Waals surface area contributed by atoms with Gasteiger partial charge in [0.15, 0.2) is 0 Å². The molecular weight excluding hydrogens is 334 g/mol. The topological polar surface area (TPSA) is 71.2 Å². The van der Waals surface area contributed by atoms with Crippen LogP contribution in [0.4, 0.5) is 0 Å². The summed E-state index contributed by atoms with van der Waals surface area (Å²) in [6, 6.07) is 12.7. The molecular formula is C19H21N3O2S. The van der Waals surface area contributed by atoms with Gasteiger partial charge in [0.25, 0.3) is 0 Å². The zero-order valence-electron chi connectivity index (χ0n) is 14.7. The van der Waals surface area contributed by atoms with E-state index in [2.05, 4.69) is 55.3 Å². The van der Waals surface area contributed by atoms with Gasteiger partial charge in [0.05, 0.1) is 5.69 Å². The van der Waals surface area contributed by atoms with E-state index >= 15 is 0 Å². The van der Waals surface area contributed by atoms with E-state index in [4.69, 9.17) is 0 Å². The average Bonchev–Trinajstić information content (AvgIpc) is 2.90. The number of hydrogen-bond acceptors (Lipinski definition) is 5. The van der Waals surface area contributed by atoms with Crippen molar-refractivity contribution in [1.82, 2.24) is 15.0 Å². The van der Waals surface area contributed by atoms with E-state index in [0.29, 0.717) is 5.69 Å². The Bertz CT molecular complexity index is 896. The fourth-order valence-electron chi connectivity index (χ4n) is 2.45. The molecule has 3 aromatic rings. The summed E-state index contributed by atoms with van der Waals surface area (Å²) in [5.41, 5.74) is 2.60. The second-order valence-electron chi connectivity index (χ2n) is 6.94. The fourth-order valence-corrected chi connectivity index (χ4v) is 3.26. The SMILES string of the molecule is Cc1c(Sc2ccc(C(C)(C)C)cc2)nnn1-c1cc(O)ccc1O. The van der Waals surface area contributed by atoms with Crippen LogP contribution in [0.5, 0.6) is 11.5 Å². The van der Waals surface area contributed by atoms with Crippen molar-refractivity contribution in [2.45, 2.75) is 43.0 Å². The standard InChI is InChI=1S/C19H21N3O2S/c1-12-18(25-15-8-5-13(6-9-15)19(2,3)4)20-21-22(12)16-11-14(23)7-10-17(16)24/h5-11,23-24H,1-4H3. The maximum absolute atomic E-state index is 10.0. The van der Waals surface area contributed by atoms with Crippen molar-refractivity contribution in [3.05, 3.63) is 53.7 Å². The van der Waals surface area contributed by atoms with E-state index < -0.39 is 0 Å². The highest BCUT2D eigenvalue weighted by molar-refractivity contribution is 7.99. The predicted octanol–water partition coefficient (Wildman–Crippen LogP) is 4.44. The molecule has 25 heavy (non-hydrogen) atoms. The minimum absolute atomic E-state index is 0.0388. The van der Waals surface area contributed by atoms with Crippen molar-refractivity contribution >= 4 is 11.8 Å². The number of rotatable bonds is 3. The summed E-state index contributed by atoms with van der Waals surface area (Å²) < 4.78 is 1.53. The van der Waals surface area contributed by atoms with Crippen LogP contribution >= 0.6 is 11.8 Å². The maximum Gasteiger partial charge on any atom is 0.147 e. The summed E-state index contributed by atoms with van der Waals surface area (Å²) in [5.74, 6) is 0.103.